The molecule has 13 heavy (non-hydrogen) atoms. The van der Waals surface area contributed by atoms with Crippen LogP contribution in [0, 0.1) is 0 Å². The molecule has 0 bridgehead atoms. The normalized spacial score (nSPS) is 22.2. The van der Waals surface area contributed by atoms with Crippen molar-refractivity contribution in [3.8, 4) is 5.75 Å². The second-order valence-electron chi connectivity index (χ2n) is 3.14. The van der Waals surface area contributed by atoms with Crippen LogP contribution < -0.4 is 4.74 Å². The summed E-state index contributed by atoms with van der Waals surface area (Å²) >= 11 is 7.03. The molecule has 0 N–H and O–H groups in total. The van der Waals surface area contributed by atoms with E-state index in [0.717, 1.165) is 17.5 Å². The predicted octanol–water partition coefficient (Wildman–Crippen LogP) is 3.15. The Labute approximate surface area is 94.7 Å². The van der Waals surface area contributed by atoms with E-state index < -0.39 is 0 Å². The van der Waals surface area contributed by atoms with Crippen molar-refractivity contribution >= 4 is 31.9 Å². The lowest BCUT2D eigenvalue weighted by atomic mass is 10.1. The molecule has 2 atom stereocenters. The molecule has 0 spiro atoms. The van der Waals surface area contributed by atoms with Crippen LogP contribution in [0.3, 0.4) is 0 Å². The summed E-state index contributed by atoms with van der Waals surface area (Å²) in [6.07, 6.45) is 1.29. The largest absolute Gasteiger partial charge is 0.489 e. The Kier molecular flexibility index (Phi) is 2.94. The molecule has 1 aromatic carbocycles. The van der Waals surface area contributed by atoms with Crippen LogP contribution in [0.25, 0.3) is 0 Å². The first-order valence-corrected chi connectivity index (χ1v) is 6.29. The van der Waals surface area contributed by atoms with E-state index in [4.69, 9.17) is 4.74 Å². The zero-order chi connectivity index (χ0) is 9.26. The molecule has 0 aliphatic carbocycles. The Hall–Kier alpha value is -0.0200. The zero-order valence-corrected chi connectivity index (χ0v) is 10.2. The van der Waals surface area contributed by atoms with Crippen molar-refractivity contribution in [2.75, 3.05) is 5.33 Å². The van der Waals surface area contributed by atoms with Gasteiger partial charge >= 0.3 is 0 Å². The molecule has 0 saturated heterocycles. The SMILES string of the molecule is BrCC(Br)C1Cc2ccccc2O1. The summed E-state index contributed by atoms with van der Waals surface area (Å²) in [6.45, 7) is 0. The highest BCUT2D eigenvalue weighted by atomic mass is 79.9. The lowest BCUT2D eigenvalue weighted by molar-refractivity contribution is 0.237. The van der Waals surface area contributed by atoms with Crippen LogP contribution in [0.4, 0.5) is 0 Å². The van der Waals surface area contributed by atoms with Gasteiger partial charge in [-0.2, -0.15) is 0 Å². The van der Waals surface area contributed by atoms with Gasteiger partial charge in [-0.15, -0.1) is 0 Å². The van der Waals surface area contributed by atoms with Crippen LogP contribution in [0.1, 0.15) is 5.56 Å². The number of benzene rings is 1. The standard InChI is InChI=1S/C10H10Br2O/c11-6-8(12)10-5-7-3-1-2-4-9(7)13-10/h1-4,8,10H,5-6H2. The van der Waals surface area contributed by atoms with Gasteiger partial charge in [0.2, 0.25) is 0 Å². The van der Waals surface area contributed by atoms with Crippen molar-refractivity contribution in [3.05, 3.63) is 29.8 Å². The number of halogens is 2. The Bertz CT molecular complexity index is 276. The molecule has 0 fully saturated rings. The number of alkyl halides is 2. The van der Waals surface area contributed by atoms with E-state index in [9.17, 15) is 0 Å². The second-order valence-corrected chi connectivity index (χ2v) is 4.96. The maximum Gasteiger partial charge on any atom is 0.123 e. The van der Waals surface area contributed by atoms with Crippen LogP contribution in [-0.4, -0.2) is 16.3 Å². The highest BCUT2D eigenvalue weighted by Gasteiger charge is 2.27. The molecule has 3 heteroatoms. The molecule has 2 rings (SSSR count). The van der Waals surface area contributed by atoms with E-state index in [2.05, 4.69) is 44.0 Å². The number of para-hydroxylation sites is 1. The fourth-order valence-corrected chi connectivity index (χ4v) is 2.22. The lowest BCUT2D eigenvalue weighted by Gasteiger charge is -2.14. The second kappa shape index (κ2) is 4.01. The number of hydrogen-bond donors (Lipinski definition) is 0. The minimum Gasteiger partial charge on any atom is -0.489 e. The molecule has 0 radical (unpaired) electrons. The minimum atomic E-state index is 0.275. The van der Waals surface area contributed by atoms with Gasteiger partial charge in [-0.25, -0.2) is 0 Å². The lowest BCUT2D eigenvalue weighted by Crippen LogP contribution is -2.26. The van der Waals surface area contributed by atoms with Crippen molar-refractivity contribution in [2.24, 2.45) is 0 Å². The first-order valence-electron chi connectivity index (χ1n) is 4.26. The summed E-state index contributed by atoms with van der Waals surface area (Å²) in [4.78, 5) is 0.389. The summed E-state index contributed by atoms with van der Waals surface area (Å²) < 4.78 is 5.78. The Balaban J connectivity index is 2.14. The van der Waals surface area contributed by atoms with Crippen LogP contribution in [-0.2, 0) is 6.42 Å². The smallest absolute Gasteiger partial charge is 0.123 e. The number of ether oxygens (including phenoxy) is 1. The highest BCUT2D eigenvalue weighted by molar-refractivity contribution is 9.12. The van der Waals surface area contributed by atoms with Gasteiger partial charge in [0.1, 0.15) is 11.9 Å². The molecular formula is C10H10Br2O. The van der Waals surface area contributed by atoms with Gasteiger partial charge in [0.25, 0.3) is 0 Å². The Morgan fingerprint density at radius 3 is 2.92 bits per heavy atom. The maximum atomic E-state index is 5.78. The molecule has 0 amide bonds. The summed E-state index contributed by atoms with van der Waals surface area (Å²) in [5.74, 6) is 1.04. The number of fused-ring (bicyclic) bond motifs is 1. The molecule has 1 aromatic rings. The van der Waals surface area contributed by atoms with Gasteiger partial charge in [-0.05, 0) is 11.6 Å². The summed E-state index contributed by atoms with van der Waals surface area (Å²) in [5, 5.41) is 0.922. The minimum absolute atomic E-state index is 0.275. The van der Waals surface area contributed by atoms with Crippen molar-refractivity contribution in [1.82, 2.24) is 0 Å². The van der Waals surface area contributed by atoms with Crippen molar-refractivity contribution < 1.29 is 4.74 Å². The molecule has 1 aliphatic heterocycles. The van der Waals surface area contributed by atoms with Crippen LogP contribution >= 0.6 is 31.9 Å². The summed E-state index contributed by atoms with van der Waals surface area (Å²) in [5.41, 5.74) is 1.32. The van der Waals surface area contributed by atoms with E-state index >= 15 is 0 Å². The third-order valence-corrected chi connectivity index (χ3v) is 4.70. The molecular weight excluding hydrogens is 296 g/mol. The van der Waals surface area contributed by atoms with Crippen LogP contribution in [0.15, 0.2) is 24.3 Å². The Morgan fingerprint density at radius 1 is 1.46 bits per heavy atom. The van der Waals surface area contributed by atoms with E-state index in [1.165, 1.54) is 5.56 Å². The monoisotopic (exact) mass is 304 g/mol. The van der Waals surface area contributed by atoms with E-state index in [-0.39, 0.29) is 6.10 Å². The first-order chi connectivity index (χ1) is 6.31. The number of hydrogen-bond acceptors (Lipinski definition) is 1. The molecule has 1 nitrogen and oxygen atoms in total. The maximum absolute atomic E-state index is 5.78. The fourth-order valence-electron chi connectivity index (χ4n) is 1.51. The molecule has 0 saturated carbocycles. The van der Waals surface area contributed by atoms with Crippen molar-refractivity contribution in [3.63, 3.8) is 0 Å². The first kappa shape index (κ1) is 9.53. The number of rotatable bonds is 2. The van der Waals surface area contributed by atoms with Crippen molar-refractivity contribution in [2.45, 2.75) is 17.4 Å². The predicted molar refractivity (Wildman–Crippen MR) is 61.1 cm³/mol. The van der Waals surface area contributed by atoms with Gasteiger partial charge in [-0.1, -0.05) is 50.1 Å². The van der Waals surface area contributed by atoms with Gasteiger partial charge in [0.15, 0.2) is 0 Å². The third-order valence-electron chi connectivity index (χ3n) is 2.22. The van der Waals surface area contributed by atoms with E-state index in [1.807, 2.05) is 12.1 Å². The highest BCUT2D eigenvalue weighted by Crippen LogP contribution is 2.31. The third kappa shape index (κ3) is 1.91. The molecule has 1 aliphatic rings. The van der Waals surface area contributed by atoms with Gasteiger partial charge in [-0.3, -0.25) is 0 Å². The van der Waals surface area contributed by atoms with E-state index in [1.54, 1.807) is 0 Å². The van der Waals surface area contributed by atoms with Gasteiger partial charge in [0.05, 0.1) is 4.83 Å². The van der Waals surface area contributed by atoms with Crippen LogP contribution in [0.2, 0.25) is 0 Å². The quantitative estimate of drug-likeness (QED) is 0.763. The van der Waals surface area contributed by atoms with Crippen LogP contribution in [0.5, 0.6) is 5.75 Å². The zero-order valence-electron chi connectivity index (χ0n) is 7.04. The molecule has 1 heterocycles. The molecule has 2 unspecified atom stereocenters. The summed E-state index contributed by atoms with van der Waals surface area (Å²) in [6, 6.07) is 8.23. The average molecular weight is 306 g/mol. The molecule has 0 aromatic heterocycles. The van der Waals surface area contributed by atoms with Crippen molar-refractivity contribution in [1.29, 1.82) is 0 Å². The molecule has 70 valence electrons. The Morgan fingerprint density at radius 2 is 2.23 bits per heavy atom. The van der Waals surface area contributed by atoms with Gasteiger partial charge < -0.3 is 4.74 Å². The average Bonchev–Trinajstić information content (AvgIpc) is 2.59. The fraction of sp³-hybridized carbons (Fsp3) is 0.400. The summed E-state index contributed by atoms with van der Waals surface area (Å²) in [7, 11) is 0. The van der Waals surface area contributed by atoms with Gasteiger partial charge in [0, 0.05) is 11.8 Å². The van der Waals surface area contributed by atoms with E-state index in [0.29, 0.717) is 4.83 Å². The topological polar surface area (TPSA) is 9.23 Å².